The van der Waals surface area contributed by atoms with E-state index < -0.39 is 0 Å². The third-order valence-electron chi connectivity index (χ3n) is 3.07. The highest BCUT2D eigenvalue weighted by Crippen LogP contribution is 2.17. The van der Waals surface area contributed by atoms with Gasteiger partial charge in [0.15, 0.2) is 0 Å². The molecule has 4 heteroatoms. The van der Waals surface area contributed by atoms with Crippen LogP contribution in [0.1, 0.15) is 18.4 Å². The smallest absolute Gasteiger partial charge is 0.224 e. The molecule has 1 amide bonds. The first kappa shape index (κ1) is 14.9. The van der Waals surface area contributed by atoms with E-state index in [2.05, 4.69) is 5.32 Å². The Morgan fingerprint density at radius 2 is 1.86 bits per heavy atom. The first-order valence-electron chi connectivity index (χ1n) is 6.99. The molecular formula is C17H20N2O2. The Morgan fingerprint density at radius 3 is 2.57 bits per heavy atom. The molecule has 0 unspecified atom stereocenters. The zero-order valence-corrected chi connectivity index (χ0v) is 12.1. The lowest BCUT2D eigenvalue weighted by Crippen LogP contribution is -2.13. The zero-order valence-electron chi connectivity index (χ0n) is 12.1. The van der Waals surface area contributed by atoms with Gasteiger partial charge in [-0.05, 0) is 37.6 Å². The van der Waals surface area contributed by atoms with Gasteiger partial charge in [-0.3, -0.25) is 4.79 Å². The number of para-hydroxylation sites is 2. The third-order valence-corrected chi connectivity index (χ3v) is 3.07. The summed E-state index contributed by atoms with van der Waals surface area (Å²) >= 11 is 0. The second kappa shape index (κ2) is 7.33. The predicted molar refractivity (Wildman–Crippen MR) is 85.4 cm³/mol. The highest BCUT2D eigenvalue weighted by Gasteiger charge is 2.04. The Bertz CT molecular complexity index is 594. The summed E-state index contributed by atoms with van der Waals surface area (Å²) < 4.78 is 5.58. The van der Waals surface area contributed by atoms with Gasteiger partial charge >= 0.3 is 0 Å². The van der Waals surface area contributed by atoms with E-state index >= 15 is 0 Å². The van der Waals surface area contributed by atoms with Gasteiger partial charge < -0.3 is 15.8 Å². The van der Waals surface area contributed by atoms with E-state index in [0.717, 1.165) is 5.75 Å². The quantitative estimate of drug-likeness (QED) is 0.631. The highest BCUT2D eigenvalue weighted by molar-refractivity contribution is 5.93. The fourth-order valence-electron chi connectivity index (χ4n) is 1.88. The molecule has 0 radical (unpaired) electrons. The summed E-state index contributed by atoms with van der Waals surface area (Å²) in [4.78, 5) is 11.8. The van der Waals surface area contributed by atoms with Crippen molar-refractivity contribution in [3.05, 3.63) is 54.1 Å². The molecule has 2 aromatic carbocycles. The summed E-state index contributed by atoms with van der Waals surface area (Å²) in [6.45, 7) is 2.55. The van der Waals surface area contributed by atoms with E-state index in [4.69, 9.17) is 10.5 Å². The van der Waals surface area contributed by atoms with Crippen LogP contribution in [0.3, 0.4) is 0 Å². The van der Waals surface area contributed by atoms with Gasteiger partial charge in [0.2, 0.25) is 5.91 Å². The molecule has 0 aliphatic carbocycles. The van der Waals surface area contributed by atoms with Crippen molar-refractivity contribution in [2.75, 3.05) is 17.7 Å². The number of nitrogen functional groups attached to an aromatic ring is 1. The molecule has 0 fully saturated rings. The molecule has 0 aliphatic rings. The summed E-state index contributed by atoms with van der Waals surface area (Å²) in [6, 6.07) is 15.1. The van der Waals surface area contributed by atoms with Crippen LogP contribution in [0, 0.1) is 6.92 Å². The number of hydrogen-bond donors (Lipinski definition) is 2. The Balaban J connectivity index is 1.70. The molecule has 110 valence electrons. The largest absolute Gasteiger partial charge is 0.494 e. The van der Waals surface area contributed by atoms with E-state index in [1.54, 1.807) is 12.1 Å². The number of nitrogens with one attached hydrogen (secondary N) is 1. The molecule has 3 N–H and O–H groups in total. The molecule has 0 aromatic heterocycles. The lowest BCUT2D eigenvalue weighted by molar-refractivity contribution is -0.116. The molecule has 0 spiro atoms. The molecule has 2 rings (SSSR count). The minimum absolute atomic E-state index is 0.0552. The molecule has 21 heavy (non-hydrogen) atoms. The monoisotopic (exact) mass is 284 g/mol. The molecule has 0 atom stereocenters. The Kier molecular flexibility index (Phi) is 5.21. The minimum Gasteiger partial charge on any atom is -0.494 e. The van der Waals surface area contributed by atoms with Crippen molar-refractivity contribution in [1.29, 1.82) is 0 Å². The number of nitrogens with two attached hydrogens (primary N) is 1. The van der Waals surface area contributed by atoms with E-state index in [9.17, 15) is 4.79 Å². The van der Waals surface area contributed by atoms with Gasteiger partial charge in [0.05, 0.1) is 18.0 Å². The number of carbonyl (C=O) groups is 1. The fraction of sp³-hybridized carbons (Fsp3) is 0.235. The number of ether oxygens (including phenoxy) is 1. The second-order valence-corrected chi connectivity index (χ2v) is 4.90. The fourth-order valence-corrected chi connectivity index (χ4v) is 1.88. The summed E-state index contributed by atoms with van der Waals surface area (Å²) in [7, 11) is 0. The number of aryl methyl sites for hydroxylation is 1. The first-order valence-corrected chi connectivity index (χ1v) is 6.99. The standard InChI is InChI=1S/C17H20N2O2/c1-13-8-10-14(11-9-13)21-12-4-7-17(20)19-16-6-3-2-5-15(16)18/h2-3,5-6,8-11H,4,7,12,18H2,1H3,(H,19,20). The van der Waals surface area contributed by atoms with Crippen molar-refractivity contribution >= 4 is 17.3 Å². The molecular weight excluding hydrogens is 264 g/mol. The molecule has 0 saturated heterocycles. The number of hydrogen-bond acceptors (Lipinski definition) is 3. The zero-order chi connectivity index (χ0) is 15.1. The number of carbonyl (C=O) groups excluding carboxylic acids is 1. The van der Waals surface area contributed by atoms with Crippen LogP contribution in [-0.4, -0.2) is 12.5 Å². The van der Waals surface area contributed by atoms with Crippen LogP contribution in [0.4, 0.5) is 11.4 Å². The van der Waals surface area contributed by atoms with Gasteiger partial charge in [-0.2, -0.15) is 0 Å². The van der Waals surface area contributed by atoms with Gasteiger partial charge in [0, 0.05) is 6.42 Å². The van der Waals surface area contributed by atoms with Gasteiger partial charge in [0.1, 0.15) is 5.75 Å². The third kappa shape index (κ3) is 4.84. The van der Waals surface area contributed by atoms with Gasteiger partial charge in [-0.1, -0.05) is 29.8 Å². The minimum atomic E-state index is -0.0552. The summed E-state index contributed by atoms with van der Waals surface area (Å²) in [5.41, 5.74) is 8.19. The lowest BCUT2D eigenvalue weighted by Gasteiger charge is -2.08. The Morgan fingerprint density at radius 1 is 1.14 bits per heavy atom. The number of amides is 1. The molecule has 0 bridgehead atoms. The highest BCUT2D eigenvalue weighted by atomic mass is 16.5. The van der Waals surface area contributed by atoms with Crippen LogP contribution in [0.25, 0.3) is 0 Å². The maximum absolute atomic E-state index is 11.8. The van der Waals surface area contributed by atoms with Crippen molar-refractivity contribution < 1.29 is 9.53 Å². The number of benzene rings is 2. The maximum Gasteiger partial charge on any atom is 0.224 e. The Labute approximate surface area is 124 Å². The summed E-state index contributed by atoms with van der Waals surface area (Å²) in [6.07, 6.45) is 1.06. The van der Waals surface area contributed by atoms with Crippen LogP contribution >= 0.6 is 0 Å². The van der Waals surface area contributed by atoms with E-state index in [0.29, 0.717) is 30.8 Å². The second-order valence-electron chi connectivity index (χ2n) is 4.90. The normalized spacial score (nSPS) is 10.1. The van der Waals surface area contributed by atoms with Crippen molar-refractivity contribution in [1.82, 2.24) is 0 Å². The van der Waals surface area contributed by atoms with Crippen molar-refractivity contribution in [3.8, 4) is 5.75 Å². The van der Waals surface area contributed by atoms with Gasteiger partial charge in [-0.25, -0.2) is 0 Å². The molecule has 2 aromatic rings. The first-order chi connectivity index (χ1) is 10.1. The molecule has 4 nitrogen and oxygen atoms in total. The Hall–Kier alpha value is -2.49. The van der Waals surface area contributed by atoms with E-state index in [1.165, 1.54) is 5.56 Å². The van der Waals surface area contributed by atoms with Crippen molar-refractivity contribution in [2.24, 2.45) is 0 Å². The van der Waals surface area contributed by atoms with E-state index in [1.807, 2.05) is 43.3 Å². The van der Waals surface area contributed by atoms with Crippen LogP contribution < -0.4 is 15.8 Å². The lowest BCUT2D eigenvalue weighted by atomic mass is 10.2. The number of rotatable bonds is 6. The van der Waals surface area contributed by atoms with Gasteiger partial charge in [-0.15, -0.1) is 0 Å². The van der Waals surface area contributed by atoms with Crippen molar-refractivity contribution in [2.45, 2.75) is 19.8 Å². The molecule has 0 heterocycles. The van der Waals surface area contributed by atoms with Crippen LogP contribution in [0.15, 0.2) is 48.5 Å². The van der Waals surface area contributed by atoms with Crippen molar-refractivity contribution in [3.63, 3.8) is 0 Å². The number of anilines is 2. The maximum atomic E-state index is 11.8. The van der Waals surface area contributed by atoms with E-state index in [-0.39, 0.29) is 5.91 Å². The average molecular weight is 284 g/mol. The SMILES string of the molecule is Cc1ccc(OCCCC(=O)Nc2ccccc2N)cc1. The molecule has 0 saturated carbocycles. The van der Waals surface area contributed by atoms with Crippen LogP contribution in [0.2, 0.25) is 0 Å². The van der Waals surface area contributed by atoms with Crippen LogP contribution in [0.5, 0.6) is 5.75 Å². The average Bonchev–Trinajstić information content (AvgIpc) is 2.48. The topological polar surface area (TPSA) is 64.3 Å². The van der Waals surface area contributed by atoms with Gasteiger partial charge in [0.25, 0.3) is 0 Å². The van der Waals surface area contributed by atoms with Crippen LogP contribution in [-0.2, 0) is 4.79 Å². The predicted octanol–water partition coefficient (Wildman–Crippen LogP) is 3.37. The summed E-state index contributed by atoms with van der Waals surface area (Å²) in [5.74, 6) is 0.772. The summed E-state index contributed by atoms with van der Waals surface area (Å²) in [5, 5.41) is 2.80. The molecule has 0 aliphatic heterocycles.